The molecular weight excluding hydrogens is 381 g/mol. The van der Waals surface area contributed by atoms with Crippen LogP contribution >= 0.6 is 11.8 Å². The molecule has 2 aromatic carbocycles. The lowest BCUT2D eigenvalue weighted by molar-refractivity contribution is 0.0698. The molecule has 0 saturated carbocycles. The summed E-state index contributed by atoms with van der Waals surface area (Å²) in [4.78, 5) is 24.2. The zero-order valence-electron chi connectivity index (χ0n) is 15.7. The van der Waals surface area contributed by atoms with Crippen LogP contribution in [-0.2, 0) is 0 Å². The average Bonchev–Trinajstić information content (AvgIpc) is 2.66. The summed E-state index contributed by atoms with van der Waals surface area (Å²) in [6.07, 6.45) is 0. The molecule has 0 radical (unpaired) electrons. The quantitative estimate of drug-likeness (QED) is 0.551. The average molecular weight is 401 g/mol. The highest BCUT2D eigenvalue weighted by Gasteiger charge is 2.20. The van der Waals surface area contributed by atoms with E-state index in [1.165, 1.54) is 30.0 Å². The van der Waals surface area contributed by atoms with Crippen molar-refractivity contribution in [3.8, 4) is 0 Å². The summed E-state index contributed by atoms with van der Waals surface area (Å²) >= 11 is 1.41. The van der Waals surface area contributed by atoms with E-state index >= 15 is 0 Å². The van der Waals surface area contributed by atoms with Crippen molar-refractivity contribution < 1.29 is 18.7 Å². The fourth-order valence-corrected chi connectivity index (χ4v) is 3.77. The van der Waals surface area contributed by atoms with Crippen molar-refractivity contribution in [1.29, 1.82) is 0 Å². The Morgan fingerprint density at radius 2 is 2.04 bits per heavy atom. The van der Waals surface area contributed by atoms with Gasteiger partial charge >= 0.3 is 5.97 Å². The second-order valence-electron chi connectivity index (χ2n) is 6.37. The maximum absolute atomic E-state index is 14.3. The second-order valence-corrected chi connectivity index (χ2v) is 7.60. The largest absolute Gasteiger partial charge is 0.478 e. The van der Waals surface area contributed by atoms with Crippen LogP contribution in [0, 0.1) is 12.7 Å². The van der Waals surface area contributed by atoms with Crippen molar-refractivity contribution >= 4 is 34.4 Å². The number of fused-ring (bicyclic) bond motifs is 1. The number of carboxylic acids is 1. The number of hydrogen-bond acceptors (Lipinski definition) is 5. The minimum atomic E-state index is -1.07. The summed E-state index contributed by atoms with van der Waals surface area (Å²) in [5.41, 5.74) is 1.45. The highest BCUT2D eigenvalue weighted by atomic mass is 32.2. The van der Waals surface area contributed by atoms with Gasteiger partial charge in [0.15, 0.2) is 10.5 Å². The summed E-state index contributed by atoms with van der Waals surface area (Å²) in [5.74, 6) is -0.889. The number of hydrogen-bond donors (Lipinski definition) is 2. The molecule has 1 heterocycles. The van der Waals surface area contributed by atoms with Crippen molar-refractivity contribution in [3.05, 3.63) is 69.1 Å². The van der Waals surface area contributed by atoms with Crippen molar-refractivity contribution in [2.45, 2.75) is 31.9 Å². The molecule has 0 bridgehead atoms. The Hall–Kier alpha value is -2.80. The molecule has 0 aliphatic carbocycles. The Balaban J connectivity index is 2.14. The summed E-state index contributed by atoms with van der Waals surface area (Å²) < 4.78 is 20.2. The number of carbonyl (C=O) groups is 1. The van der Waals surface area contributed by atoms with Crippen LogP contribution in [0.5, 0.6) is 0 Å². The molecular formula is C21H20FNO4S. The van der Waals surface area contributed by atoms with Gasteiger partial charge in [-0.15, -0.1) is 0 Å². The van der Waals surface area contributed by atoms with Gasteiger partial charge in [-0.25, -0.2) is 9.18 Å². The zero-order valence-corrected chi connectivity index (χ0v) is 16.5. The Bertz CT molecular complexity index is 1110. The Morgan fingerprint density at radius 1 is 1.32 bits per heavy atom. The molecule has 2 N–H and O–H groups in total. The predicted molar refractivity (Wildman–Crippen MR) is 109 cm³/mol. The molecule has 1 aromatic heterocycles. The van der Waals surface area contributed by atoms with Gasteiger partial charge in [0.05, 0.1) is 17.0 Å². The van der Waals surface area contributed by atoms with E-state index in [1.807, 2.05) is 6.92 Å². The summed E-state index contributed by atoms with van der Waals surface area (Å²) in [5, 5.41) is 13.1. The van der Waals surface area contributed by atoms with E-state index in [-0.39, 0.29) is 16.4 Å². The first kappa shape index (κ1) is 19.9. The molecule has 28 heavy (non-hydrogen) atoms. The van der Waals surface area contributed by atoms with Crippen LogP contribution in [0.3, 0.4) is 0 Å². The topological polar surface area (TPSA) is 79.5 Å². The highest BCUT2D eigenvalue weighted by Crippen LogP contribution is 2.32. The Kier molecular flexibility index (Phi) is 5.74. The molecule has 0 fully saturated rings. The van der Waals surface area contributed by atoms with Gasteiger partial charge in [0.2, 0.25) is 0 Å². The number of anilines is 1. The standard InChI is InChI=1S/C21H20FNO4S/c1-4-28-21-11(2)18(24)16-10-13(22)9-15(19(16)27-21)12(3)23-17-8-6-5-7-14(17)20(25)26/h5-10,12,23H,4H2,1-3H3,(H,25,26). The maximum Gasteiger partial charge on any atom is 0.337 e. The SMILES string of the molecule is CCSc1oc2c(C(C)Nc3ccccc3C(=O)O)cc(F)cc2c(=O)c1C. The molecule has 0 spiro atoms. The van der Waals surface area contributed by atoms with Crippen LogP contribution in [0.2, 0.25) is 0 Å². The summed E-state index contributed by atoms with van der Waals surface area (Å²) in [6, 6.07) is 8.46. The van der Waals surface area contributed by atoms with Crippen LogP contribution in [0.25, 0.3) is 11.0 Å². The summed E-state index contributed by atoms with van der Waals surface area (Å²) in [7, 11) is 0. The number of aromatic carboxylic acids is 1. The van der Waals surface area contributed by atoms with Gasteiger partial charge < -0.3 is 14.8 Å². The first-order valence-electron chi connectivity index (χ1n) is 8.82. The molecule has 0 aliphatic heterocycles. The van der Waals surface area contributed by atoms with Crippen LogP contribution < -0.4 is 10.7 Å². The smallest absolute Gasteiger partial charge is 0.337 e. The van der Waals surface area contributed by atoms with Gasteiger partial charge in [-0.3, -0.25) is 4.79 Å². The van der Waals surface area contributed by atoms with E-state index in [9.17, 15) is 19.1 Å². The lowest BCUT2D eigenvalue weighted by atomic mass is 10.0. The lowest BCUT2D eigenvalue weighted by Gasteiger charge is -2.19. The molecule has 1 unspecified atom stereocenters. The minimum absolute atomic E-state index is 0.106. The first-order chi connectivity index (χ1) is 13.3. The van der Waals surface area contributed by atoms with Crippen molar-refractivity contribution in [2.75, 3.05) is 11.1 Å². The Labute approximate surface area is 165 Å². The van der Waals surface area contributed by atoms with E-state index in [1.54, 1.807) is 32.0 Å². The van der Waals surface area contributed by atoms with E-state index < -0.39 is 17.8 Å². The van der Waals surface area contributed by atoms with Crippen LogP contribution in [0.4, 0.5) is 10.1 Å². The molecule has 5 nitrogen and oxygen atoms in total. The molecule has 1 atom stereocenters. The third-order valence-electron chi connectivity index (χ3n) is 4.44. The highest BCUT2D eigenvalue weighted by molar-refractivity contribution is 7.99. The number of para-hydroxylation sites is 1. The second kappa shape index (κ2) is 8.06. The molecule has 146 valence electrons. The number of carboxylic acid groups (broad SMARTS) is 1. The summed E-state index contributed by atoms with van der Waals surface area (Å²) in [6.45, 7) is 5.38. The first-order valence-corrected chi connectivity index (χ1v) is 9.80. The van der Waals surface area contributed by atoms with E-state index in [0.29, 0.717) is 27.5 Å². The van der Waals surface area contributed by atoms with Gasteiger partial charge in [0.25, 0.3) is 0 Å². The number of rotatable bonds is 6. The van der Waals surface area contributed by atoms with Gasteiger partial charge in [0.1, 0.15) is 11.4 Å². The third kappa shape index (κ3) is 3.75. The van der Waals surface area contributed by atoms with Crippen LogP contribution in [0.1, 0.15) is 41.4 Å². The third-order valence-corrected chi connectivity index (χ3v) is 5.38. The molecule has 3 aromatic rings. The molecule has 0 amide bonds. The fourth-order valence-electron chi connectivity index (χ4n) is 3.06. The molecule has 0 saturated heterocycles. The number of nitrogens with one attached hydrogen (secondary N) is 1. The van der Waals surface area contributed by atoms with Gasteiger partial charge in [-0.05, 0) is 43.9 Å². The van der Waals surface area contributed by atoms with E-state index in [4.69, 9.17) is 4.42 Å². The normalized spacial score (nSPS) is 12.1. The van der Waals surface area contributed by atoms with Crippen LogP contribution in [-0.4, -0.2) is 16.8 Å². The monoisotopic (exact) mass is 401 g/mol. The number of benzene rings is 2. The molecule has 0 aliphatic rings. The molecule has 3 rings (SSSR count). The van der Waals surface area contributed by atoms with Crippen LogP contribution in [0.15, 0.2) is 50.7 Å². The van der Waals surface area contributed by atoms with Crippen molar-refractivity contribution in [2.24, 2.45) is 0 Å². The van der Waals surface area contributed by atoms with Gasteiger partial charge in [-0.1, -0.05) is 30.8 Å². The van der Waals surface area contributed by atoms with Crippen molar-refractivity contribution in [3.63, 3.8) is 0 Å². The van der Waals surface area contributed by atoms with Gasteiger partial charge in [0, 0.05) is 16.8 Å². The zero-order chi connectivity index (χ0) is 20.4. The maximum atomic E-state index is 14.3. The number of thioether (sulfide) groups is 1. The molecule has 7 heteroatoms. The lowest BCUT2D eigenvalue weighted by Crippen LogP contribution is -2.14. The van der Waals surface area contributed by atoms with Gasteiger partial charge in [-0.2, -0.15) is 0 Å². The minimum Gasteiger partial charge on any atom is -0.478 e. The number of halogens is 1. The van der Waals surface area contributed by atoms with Crippen molar-refractivity contribution in [1.82, 2.24) is 0 Å². The Morgan fingerprint density at radius 3 is 2.71 bits per heavy atom. The fraction of sp³-hybridized carbons (Fsp3) is 0.238. The van der Waals surface area contributed by atoms with E-state index in [0.717, 1.165) is 5.75 Å². The van der Waals surface area contributed by atoms with E-state index in [2.05, 4.69) is 5.32 Å². The predicted octanol–water partition coefficient (Wildman–Crippen LogP) is 5.22.